The summed E-state index contributed by atoms with van der Waals surface area (Å²) in [6, 6.07) is 4.40. The highest BCUT2D eigenvalue weighted by atomic mass is 79.9. The van der Waals surface area contributed by atoms with Crippen molar-refractivity contribution in [2.24, 2.45) is 5.14 Å². The number of H-pyrrole nitrogens is 1. The maximum absolute atomic E-state index is 11.9. The summed E-state index contributed by atoms with van der Waals surface area (Å²) in [5.41, 5.74) is 1.18. The van der Waals surface area contributed by atoms with Gasteiger partial charge in [0.2, 0.25) is 10.0 Å². The Labute approximate surface area is 123 Å². The first-order valence-electron chi connectivity index (χ1n) is 5.42. The molecule has 0 aliphatic carbocycles. The summed E-state index contributed by atoms with van der Waals surface area (Å²) in [6.07, 6.45) is 1.46. The highest BCUT2D eigenvalue weighted by Crippen LogP contribution is 2.28. The molecule has 7 nitrogen and oxygen atoms in total. The van der Waals surface area contributed by atoms with Crippen LogP contribution in [0.15, 0.2) is 33.8 Å². The Bertz CT molecular complexity index is 756. The molecule has 0 atom stereocenters. The summed E-state index contributed by atoms with van der Waals surface area (Å²) in [6.45, 7) is 1.60. The molecular weight excluding hydrogens is 348 g/mol. The van der Waals surface area contributed by atoms with E-state index in [4.69, 9.17) is 5.14 Å². The zero-order chi connectivity index (χ0) is 14.9. The fourth-order valence-electron chi connectivity index (χ4n) is 1.64. The zero-order valence-electron chi connectivity index (χ0n) is 10.3. The van der Waals surface area contributed by atoms with Crippen LogP contribution in [0.5, 0.6) is 0 Å². The molecule has 106 valence electrons. The molecule has 0 radical (unpaired) electrons. The van der Waals surface area contributed by atoms with Crippen LogP contribution in [0.4, 0.5) is 5.69 Å². The van der Waals surface area contributed by atoms with Crippen molar-refractivity contribution in [3.63, 3.8) is 0 Å². The van der Waals surface area contributed by atoms with E-state index in [-0.39, 0.29) is 10.8 Å². The van der Waals surface area contributed by atoms with E-state index in [0.717, 1.165) is 0 Å². The van der Waals surface area contributed by atoms with E-state index in [1.165, 1.54) is 24.4 Å². The lowest BCUT2D eigenvalue weighted by Gasteiger charge is -2.10. The summed E-state index contributed by atoms with van der Waals surface area (Å²) in [4.78, 5) is 11.9. The number of carbonyl (C=O) groups is 1. The van der Waals surface area contributed by atoms with Gasteiger partial charge < -0.3 is 5.32 Å². The SMILES string of the molecule is Cc1cc(NC(=O)c2ccn[nH]2)c(Br)cc1S(N)(=O)=O. The predicted molar refractivity (Wildman–Crippen MR) is 76.8 cm³/mol. The third-order valence-electron chi connectivity index (χ3n) is 2.56. The van der Waals surface area contributed by atoms with Gasteiger partial charge in [0.05, 0.1) is 10.6 Å². The van der Waals surface area contributed by atoms with Crippen LogP contribution < -0.4 is 10.5 Å². The lowest BCUT2D eigenvalue weighted by Crippen LogP contribution is -2.16. The standard InChI is InChI=1S/C11H11BrN4O3S/c1-6-4-9(7(12)5-10(6)20(13,18)19)15-11(17)8-2-3-14-16-8/h2-5H,1H3,(H,14,16)(H,15,17)(H2,13,18,19). The summed E-state index contributed by atoms with van der Waals surface area (Å²) in [5, 5.41) is 14.0. The Kier molecular flexibility index (Phi) is 3.93. The molecule has 2 aromatic rings. The van der Waals surface area contributed by atoms with Gasteiger partial charge in [0.1, 0.15) is 5.69 Å². The van der Waals surface area contributed by atoms with E-state index in [1.54, 1.807) is 6.92 Å². The summed E-state index contributed by atoms with van der Waals surface area (Å²) >= 11 is 3.21. The van der Waals surface area contributed by atoms with Crippen molar-refractivity contribution < 1.29 is 13.2 Å². The summed E-state index contributed by atoms with van der Waals surface area (Å²) < 4.78 is 23.2. The first kappa shape index (κ1) is 14.7. The molecular formula is C11H11BrN4O3S. The molecule has 0 saturated heterocycles. The van der Waals surface area contributed by atoms with Gasteiger partial charge in [0.25, 0.3) is 5.91 Å². The zero-order valence-corrected chi connectivity index (χ0v) is 12.7. The monoisotopic (exact) mass is 358 g/mol. The molecule has 2 rings (SSSR count). The Morgan fingerprint density at radius 1 is 1.45 bits per heavy atom. The molecule has 9 heteroatoms. The van der Waals surface area contributed by atoms with Crippen molar-refractivity contribution in [2.75, 3.05) is 5.32 Å². The molecule has 1 aromatic heterocycles. The molecule has 0 aliphatic heterocycles. The smallest absolute Gasteiger partial charge is 0.273 e. The number of anilines is 1. The molecule has 4 N–H and O–H groups in total. The lowest BCUT2D eigenvalue weighted by atomic mass is 10.2. The fourth-order valence-corrected chi connectivity index (χ4v) is 3.02. The van der Waals surface area contributed by atoms with E-state index in [1.807, 2.05) is 0 Å². The molecule has 0 saturated carbocycles. The number of hydrogen-bond donors (Lipinski definition) is 3. The molecule has 0 fully saturated rings. The van der Waals surface area contributed by atoms with E-state index in [2.05, 4.69) is 31.4 Å². The van der Waals surface area contributed by atoms with Gasteiger partial charge in [-0.3, -0.25) is 9.89 Å². The Hall–Kier alpha value is -1.71. The van der Waals surface area contributed by atoms with E-state index in [9.17, 15) is 13.2 Å². The second-order valence-electron chi connectivity index (χ2n) is 4.07. The number of primary sulfonamides is 1. The first-order valence-corrected chi connectivity index (χ1v) is 7.76. The van der Waals surface area contributed by atoms with Gasteiger partial charge in [-0.1, -0.05) is 0 Å². The third kappa shape index (κ3) is 3.06. The van der Waals surface area contributed by atoms with Gasteiger partial charge in [-0.05, 0) is 46.6 Å². The van der Waals surface area contributed by atoms with Crippen molar-refractivity contribution in [2.45, 2.75) is 11.8 Å². The maximum atomic E-state index is 11.9. The number of benzene rings is 1. The quantitative estimate of drug-likeness (QED) is 0.767. The number of sulfonamides is 1. The molecule has 0 aliphatic rings. The fraction of sp³-hybridized carbons (Fsp3) is 0.0909. The van der Waals surface area contributed by atoms with Gasteiger partial charge in [-0.2, -0.15) is 5.10 Å². The highest BCUT2D eigenvalue weighted by molar-refractivity contribution is 9.10. The van der Waals surface area contributed by atoms with Gasteiger partial charge in [-0.15, -0.1) is 0 Å². The van der Waals surface area contributed by atoms with Crippen LogP contribution in [-0.2, 0) is 10.0 Å². The average Bonchev–Trinajstić information content (AvgIpc) is 2.85. The van der Waals surface area contributed by atoms with Gasteiger partial charge in [0.15, 0.2) is 0 Å². The van der Waals surface area contributed by atoms with Crippen molar-refractivity contribution in [3.05, 3.63) is 40.1 Å². The van der Waals surface area contributed by atoms with Crippen LogP contribution in [-0.4, -0.2) is 24.5 Å². The second-order valence-corrected chi connectivity index (χ2v) is 6.45. The molecule has 1 aromatic carbocycles. The minimum absolute atomic E-state index is 0.00362. The van der Waals surface area contributed by atoms with Gasteiger partial charge >= 0.3 is 0 Å². The first-order chi connectivity index (χ1) is 9.29. The number of nitrogens with zero attached hydrogens (tertiary/aromatic N) is 1. The number of amides is 1. The minimum Gasteiger partial charge on any atom is -0.320 e. The number of aromatic amines is 1. The number of nitrogens with one attached hydrogen (secondary N) is 2. The molecule has 1 amide bonds. The minimum atomic E-state index is -3.80. The van der Waals surface area contributed by atoms with Crippen molar-refractivity contribution >= 4 is 37.5 Å². The lowest BCUT2D eigenvalue weighted by molar-refractivity contribution is 0.102. The van der Waals surface area contributed by atoms with Gasteiger partial charge in [-0.25, -0.2) is 13.6 Å². The number of hydrogen-bond acceptors (Lipinski definition) is 4. The highest BCUT2D eigenvalue weighted by Gasteiger charge is 2.16. The molecule has 20 heavy (non-hydrogen) atoms. The number of aromatic nitrogens is 2. The average molecular weight is 359 g/mol. The van der Waals surface area contributed by atoms with Gasteiger partial charge in [0, 0.05) is 10.7 Å². The van der Waals surface area contributed by atoms with Crippen LogP contribution in [0.2, 0.25) is 0 Å². The predicted octanol–water partition coefficient (Wildman–Crippen LogP) is 1.38. The van der Waals surface area contributed by atoms with Crippen molar-refractivity contribution in [3.8, 4) is 0 Å². The van der Waals surface area contributed by atoms with Crippen LogP contribution >= 0.6 is 15.9 Å². The van der Waals surface area contributed by atoms with Crippen LogP contribution in [0.25, 0.3) is 0 Å². The Morgan fingerprint density at radius 2 is 2.15 bits per heavy atom. The largest absolute Gasteiger partial charge is 0.320 e. The summed E-state index contributed by atoms with van der Waals surface area (Å²) in [5.74, 6) is -0.383. The normalized spacial score (nSPS) is 11.3. The maximum Gasteiger partial charge on any atom is 0.273 e. The number of carbonyl (C=O) groups excluding carboxylic acids is 1. The topological polar surface area (TPSA) is 118 Å². The molecule has 0 spiro atoms. The number of halogens is 1. The number of aryl methyl sites for hydroxylation is 1. The summed E-state index contributed by atoms with van der Waals surface area (Å²) in [7, 11) is -3.80. The second kappa shape index (κ2) is 5.35. The van der Waals surface area contributed by atoms with E-state index in [0.29, 0.717) is 21.4 Å². The number of nitrogens with two attached hydrogens (primary N) is 1. The van der Waals surface area contributed by atoms with Crippen LogP contribution in [0, 0.1) is 6.92 Å². The van der Waals surface area contributed by atoms with Crippen molar-refractivity contribution in [1.29, 1.82) is 0 Å². The third-order valence-corrected chi connectivity index (χ3v) is 4.27. The van der Waals surface area contributed by atoms with Crippen LogP contribution in [0.3, 0.4) is 0 Å². The Morgan fingerprint density at radius 3 is 2.70 bits per heavy atom. The molecule has 0 unspecified atom stereocenters. The van der Waals surface area contributed by atoms with Crippen molar-refractivity contribution in [1.82, 2.24) is 10.2 Å². The molecule has 0 bridgehead atoms. The Balaban J connectivity index is 2.35. The van der Waals surface area contributed by atoms with E-state index >= 15 is 0 Å². The molecule has 1 heterocycles. The van der Waals surface area contributed by atoms with E-state index < -0.39 is 10.0 Å². The number of rotatable bonds is 3. The van der Waals surface area contributed by atoms with Crippen LogP contribution in [0.1, 0.15) is 16.1 Å².